The SMILES string of the molecule is [N-]=[N+]=N[C@H]1CN(C(=O)C2(NC(=O)c3ccc(C4CCN(C5CC5)CC4)cc3)CCCC2)[C@@H]2C(=O)CO[C@H]12. The molecule has 0 spiro atoms. The third-order valence-electron chi connectivity index (χ3n) is 9.08. The van der Waals surface area contributed by atoms with Gasteiger partial charge >= 0.3 is 0 Å². The first kappa shape index (κ1) is 24.4. The van der Waals surface area contributed by atoms with Crippen LogP contribution in [0.25, 0.3) is 10.4 Å². The Kier molecular flexibility index (Phi) is 6.42. The second-order valence-electron chi connectivity index (χ2n) is 11.3. The van der Waals surface area contributed by atoms with Gasteiger partial charge in [-0.3, -0.25) is 14.4 Å². The summed E-state index contributed by atoms with van der Waals surface area (Å²) < 4.78 is 5.56. The van der Waals surface area contributed by atoms with E-state index < -0.39 is 23.7 Å². The van der Waals surface area contributed by atoms with Gasteiger partial charge in [-0.25, -0.2) is 0 Å². The van der Waals surface area contributed by atoms with Crippen LogP contribution >= 0.6 is 0 Å². The fraction of sp³-hybridized carbons (Fsp3) is 0.667. The van der Waals surface area contributed by atoms with Crippen LogP contribution in [0.5, 0.6) is 0 Å². The van der Waals surface area contributed by atoms with Gasteiger partial charge in [0.15, 0.2) is 5.78 Å². The molecule has 37 heavy (non-hydrogen) atoms. The number of hydrogen-bond donors (Lipinski definition) is 1. The molecule has 5 aliphatic rings. The van der Waals surface area contributed by atoms with E-state index in [1.807, 2.05) is 12.1 Å². The number of likely N-dealkylation sites (tertiary alicyclic amines) is 2. The van der Waals surface area contributed by atoms with Crippen LogP contribution in [-0.2, 0) is 14.3 Å². The standard InChI is InChI=1S/C27H34N6O4/c28-31-30-21-15-33(23-22(34)16-37-24(21)23)26(36)27(11-1-2-12-27)29-25(35)19-5-3-17(4-6-19)18-9-13-32(14-10-18)20-7-8-20/h3-6,18,20-21,23-24H,1-2,7-16H2,(H,29,35)/t21-,23+,24+/m0/s1. The molecule has 2 saturated carbocycles. The zero-order valence-corrected chi connectivity index (χ0v) is 21.1. The fourth-order valence-corrected chi connectivity index (χ4v) is 6.89. The van der Waals surface area contributed by atoms with Gasteiger partial charge in [0, 0.05) is 23.1 Å². The maximum Gasteiger partial charge on any atom is 0.252 e. The van der Waals surface area contributed by atoms with E-state index in [9.17, 15) is 14.4 Å². The number of benzene rings is 1. The average Bonchev–Trinajstić information content (AvgIpc) is 3.38. The van der Waals surface area contributed by atoms with Gasteiger partial charge in [-0.1, -0.05) is 30.1 Å². The molecule has 0 unspecified atom stereocenters. The normalized spacial score (nSPS) is 29.7. The average molecular weight is 507 g/mol. The lowest BCUT2D eigenvalue weighted by molar-refractivity contribution is -0.142. The Morgan fingerprint density at radius 1 is 1.08 bits per heavy atom. The summed E-state index contributed by atoms with van der Waals surface area (Å²) in [7, 11) is 0. The molecule has 10 heteroatoms. The molecule has 2 amide bonds. The third kappa shape index (κ3) is 4.51. The fourth-order valence-electron chi connectivity index (χ4n) is 6.89. The number of ether oxygens (including phenoxy) is 1. The van der Waals surface area contributed by atoms with E-state index in [4.69, 9.17) is 10.3 Å². The Morgan fingerprint density at radius 2 is 1.78 bits per heavy atom. The Labute approximate surface area is 216 Å². The predicted octanol–water partition coefficient (Wildman–Crippen LogP) is 2.93. The summed E-state index contributed by atoms with van der Waals surface area (Å²) in [5, 5.41) is 6.83. The Hall–Kier alpha value is -2.94. The summed E-state index contributed by atoms with van der Waals surface area (Å²) in [5.74, 6) is -0.219. The first-order valence-corrected chi connectivity index (χ1v) is 13.7. The minimum atomic E-state index is -1.07. The van der Waals surface area contributed by atoms with Crippen LogP contribution in [0.15, 0.2) is 29.4 Å². The topological polar surface area (TPSA) is 128 Å². The second-order valence-corrected chi connectivity index (χ2v) is 11.3. The van der Waals surface area contributed by atoms with Crippen LogP contribution in [0.3, 0.4) is 0 Å². The molecule has 3 heterocycles. The van der Waals surface area contributed by atoms with Crippen molar-refractivity contribution in [2.45, 2.75) is 87.1 Å². The number of nitrogens with zero attached hydrogens (tertiary/aromatic N) is 5. The molecule has 3 atom stereocenters. The van der Waals surface area contributed by atoms with Crippen molar-refractivity contribution in [1.82, 2.24) is 15.1 Å². The molecule has 3 aliphatic heterocycles. The largest absolute Gasteiger partial charge is 0.367 e. The number of carbonyl (C=O) groups is 3. The van der Waals surface area contributed by atoms with Crippen LogP contribution < -0.4 is 5.32 Å². The van der Waals surface area contributed by atoms with E-state index in [0.29, 0.717) is 24.3 Å². The number of carbonyl (C=O) groups excluding carboxylic acids is 3. The van der Waals surface area contributed by atoms with E-state index in [2.05, 4.69) is 32.4 Å². The van der Waals surface area contributed by atoms with Gasteiger partial charge in [0.1, 0.15) is 18.2 Å². The minimum absolute atomic E-state index is 0.0954. The van der Waals surface area contributed by atoms with Gasteiger partial charge in [0.2, 0.25) is 5.91 Å². The highest BCUT2D eigenvalue weighted by molar-refractivity contribution is 6.01. The van der Waals surface area contributed by atoms with Crippen molar-refractivity contribution in [2.24, 2.45) is 5.11 Å². The maximum atomic E-state index is 13.9. The van der Waals surface area contributed by atoms with Crippen LogP contribution in [0, 0.1) is 0 Å². The molecule has 196 valence electrons. The zero-order valence-electron chi connectivity index (χ0n) is 21.1. The molecule has 0 aromatic heterocycles. The molecule has 1 aromatic carbocycles. The number of piperidine rings is 1. The summed E-state index contributed by atoms with van der Waals surface area (Å²) >= 11 is 0. The molecule has 1 aromatic rings. The lowest BCUT2D eigenvalue weighted by Crippen LogP contribution is -2.60. The third-order valence-corrected chi connectivity index (χ3v) is 9.08. The number of Topliss-reactive ketones (excluding diaryl/α,β-unsaturated/α-hetero) is 1. The van der Waals surface area contributed by atoms with Crippen molar-refractivity contribution in [3.63, 3.8) is 0 Å². The number of fused-ring (bicyclic) bond motifs is 1. The lowest BCUT2D eigenvalue weighted by Gasteiger charge is -2.35. The zero-order chi connectivity index (χ0) is 25.6. The minimum Gasteiger partial charge on any atom is -0.367 e. The number of ketones is 1. The highest BCUT2D eigenvalue weighted by atomic mass is 16.5. The maximum absolute atomic E-state index is 13.9. The molecule has 0 bridgehead atoms. The quantitative estimate of drug-likeness (QED) is 0.360. The summed E-state index contributed by atoms with van der Waals surface area (Å²) in [6.45, 7) is 2.32. The van der Waals surface area contributed by atoms with Crippen molar-refractivity contribution < 1.29 is 19.1 Å². The Morgan fingerprint density at radius 3 is 2.43 bits per heavy atom. The monoisotopic (exact) mass is 506 g/mol. The van der Waals surface area contributed by atoms with Gasteiger partial charge in [-0.15, -0.1) is 0 Å². The molecule has 0 radical (unpaired) electrons. The van der Waals surface area contributed by atoms with Crippen LogP contribution in [0.4, 0.5) is 0 Å². The number of hydrogen-bond acceptors (Lipinski definition) is 6. The highest BCUT2D eigenvalue weighted by Crippen LogP contribution is 2.38. The van der Waals surface area contributed by atoms with E-state index in [-0.39, 0.29) is 30.7 Å². The molecule has 5 fully saturated rings. The number of rotatable bonds is 6. The van der Waals surface area contributed by atoms with Gasteiger partial charge in [0.05, 0.1) is 12.1 Å². The molecule has 10 nitrogen and oxygen atoms in total. The predicted molar refractivity (Wildman–Crippen MR) is 135 cm³/mol. The van der Waals surface area contributed by atoms with E-state index >= 15 is 0 Å². The smallest absolute Gasteiger partial charge is 0.252 e. The van der Waals surface area contributed by atoms with Crippen LogP contribution in [-0.4, -0.2) is 83.4 Å². The van der Waals surface area contributed by atoms with Crippen LogP contribution in [0.2, 0.25) is 0 Å². The lowest BCUT2D eigenvalue weighted by atomic mass is 9.88. The molecular formula is C27H34N6O4. The summed E-state index contributed by atoms with van der Waals surface area (Å²) in [6, 6.07) is 7.28. The van der Waals surface area contributed by atoms with E-state index in [1.54, 1.807) is 0 Å². The molecule has 2 aliphatic carbocycles. The highest BCUT2D eigenvalue weighted by Gasteiger charge is 2.56. The van der Waals surface area contributed by atoms with Gasteiger partial charge < -0.3 is 19.9 Å². The van der Waals surface area contributed by atoms with E-state index in [0.717, 1.165) is 44.8 Å². The van der Waals surface area contributed by atoms with Gasteiger partial charge in [0.25, 0.3) is 5.91 Å². The van der Waals surface area contributed by atoms with Gasteiger partial charge in [-0.2, -0.15) is 0 Å². The Balaban J connectivity index is 1.15. The van der Waals surface area contributed by atoms with Crippen molar-refractivity contribution in [3.8, 4) is 0 Å². The first-order chi connectivity index (χ1) is 18.0. The summed E-state index contributed by atoms with van der Waals surface area (Å²) in [6.07, 6.45) is 7.03. The van der Waals surface area contributed by atoms with Crippen molar-refractivity contribution >= 4 is 17.6 Å². The Bertz CT molecular complexity index is 1110. The van der Waals surface area contributed by atoms with Crippen LogP contribution in [0.1, 0.15) is 73.2 Å². The summed E-state index contributed by atoms with van der Waals surface area (Å²) in [4.78, 5) is 46.8. The molecule has 3 saturated heterocycles. The molecular weight excluding hydrogens is 472 g/mol. The number of nitrogens with one attached hydrogen (secondary N) is 1. The molecule has 1 N–H and O–H groups in total. The van der Waals surface area contributed by atoms with Crippen molar-refractivity contribution in [2.75, 3.05) is 26.2 Å². The first-order valence-electron chi connectivity index (χ1n) is 13.7. The van der Waals surface area contributed by atoms with Gasteiger partial charge in [-0.05, 0) is 80.8 Å². The molecule has 6 rings (SSSR count). The van der Waals surface area contributed by atoms with Crippen molar-refractivity contribution in [3.05, 3.63) is 45.8 Å². The summed E-state index contributed by atoms with van der Waals surface area (Å²) in [5.41, 5.74) is 9.67. The number of azide groups is 1. The van der Waals surface area contributed by atoms with E-state index in [1.165, 1.54) is 23.3 Å². The van der Waals surface area contributed by atoms with Crippen molar-refractivity contribution in [1.29, 1.82) is 0 Å². The second kappa shape index (κ2) is 9.74. The number of amides is 2.